The van der Waals surface area contributed by atoms with E-state index < -0.39 is 0 Å². The van der Waals surface area contributed by atoms with E-state index in [4.69, 9.17) is 4.74 Å². The summed E-state index contributed by atoms with van der Waals surface area (Å²) in [5, 5.41) is 12.7. The fraction of sp³-hybridized carbons (Fsp3) is 0.591. The summed E-state index contributed by atoms with van der Waals surface area (Å²) >= 11 is 1.45. The highest BCUT2D eigenvalue weighted by molar-refractivity contribution is 7.99. The number of benzene rings is 1. The number of carbonyl (C=O) groups excluding carboxylic acids is 1. The van der Waals surface area contributed by atoms with Gasteiger partial charge in [-0.25, -0.2) is 0 Å². The molecule has 0 spiro atoms. The maximum absolute atomic E-state index is 12.4. The molecule has 1 fully saturated rings. The van der Waals surface area contributed by atoms with Crippen LogP contribution in [0.4, 0.5) is 5.95 Å². The minimum Gasteiger partial charge on any atom is -0.378 e. The first-order valence-electron chi connectivity index (χ1n) is 10.9. The van der Waals surface area contributed by atoms with Crippen LogP contribution in [0.3, 0.4) is 0 Å². The predicted molar refractivity (Wildman–Crippen MR) is 121 cm³/mol. The second kappa shape index (κ2) is 12.0. The molecule has 1 amide bonds. The van der Waals surface area contributed by atoms with E-state index in [1.807, 2.05) is 18.2 Å². The normalized spacial score (nSPS) is 15.2. The van der Waals surface area contributed by atoms with Crippen LogP contribution in [0.1, 0.15) is 45.1 Å². The molecule has 164 valence electrons. The third-order valence-corrected chi connectivity index (χ3v) is 6.12. The molecule has 8 heteroatoms. The Balaban J connectivity index is 1.64. The van der Waals surface area contributed by atoms with Gasteiger partial charge in [-0.1, -0.05) is 68.3 Å². The molecular formula is C22H33N5O2S. The fourth-order valence-corrected chi connectivity index (χ4v) is 4.25. The minimum absolute atomic E-state index is 0.0474. The molecule has 1 aromatic carbocycles. The van der Waals surface area contributed by atoms with Gasteiger partial charge in [0.25, 0.3) is 0 Å². The maximum atomic E-state index is 12.4. The molecule has 1 aliphatic rings. The van der Waals surface area contributed by atoms with Crippen LogP contribution >= 0.6 is 11.8 Å². The summed E-state index contributed by atoms with van der Waals surface area (Å²) < 4.78 is 7.59. The summed E-state index contributed by atoms with van der Waals surface area (Å²) in [6.07, 6.45) is 4.58. The van der Waals surface area contributed by atoms with Crippen molar-refractivity contribution in [2.45, 2.75) is 57.3 Å². The second-order valence-electron chi connectivity index (χ2n) is 7.71. The fourth-order valence-electron chi connectivity index (χ4n) is 3.51. The first-order valence-corrected chi connectivity index (χ1v) is 11.9. The van der Waals surface area contributed by atoms with E-state index in [0.717, 1.165) is 37.0 Å². The average molecular weight is 432 g/mol. The van der Waals surface area contributed by atoms with E-state index in [1.54, 1.807) is 0 Å². The first kappa shape index (κ1) is 22.6. The number of carbonyl (C=O) groups is 1. The van der Waals surface area contributed by atoms with E-state index in [1.165, 1.54) is 30.2 Å². The van der Waals surface area contributed by atoms with Gasteiger partial charge in [0.2, 0.25) is 11.9 Å². The van der Waals surface area contributed by atoms with E-state index in [9.17, 15) is 4.79 Å². The number of anilines is 1. The van der Waals surface area contributed by atoms with Crippen molar-refractivity contribution in [3.05, 3.63) is 35.9 Å². The lowest BCUT2D eigenvalue weighted by molar-refractivity contribution is -0.119. The molecule has 2 heterocycles. The summed E-state index contributed by atoms with van der Waals surface area (Å²) in [4.78, 5) is 14.6. The van der Waals surface area contributed by atoms with Gasteiger partial charge >= 0.3 is 0 Å². The summed E-state index contributed by atoms with van der Waals surface area (Å²) in [5.74, 6) is 1.23. The van der Waals surface area contributed by atoms with Crippen molar-refractivity contribution in [2.75, 3.05) is 37.0 Å². The Bertz CT molecular complexity index is 777. The topological polar surface area (TPSA) is 72.3 Å². The number of aromatic nitrogens is 3. The Morgan fingerprint density at radius 2 is 1.97 bits per heavy atom. The standard InChI is InChI=1S/C22H33N5O2S/c1-3-4-6-9-18(2)23-20(28)17-30-22-25-24-21(26-12-14-29-15-13-26)27(22)16-19-10-7-5-8-11-19/h5,7-8,10-11,18H,3-4,6,9,12-17H2,1-2H3,(H,23,28). The van der Waals surface area contributed by atoms with Gasteiger partial charge < -0.3 is 15.0 Å². The maximum Gasteiger partial charge on any atom is 0.230 e. The molecule has 0 saturated carbocycles. The zero-order valence-electron chi connectivity index (χ0n) is 18.0. The second-order valence-corrected chi connectivity index (χ2v) is 8.65. The average Bonchev–Trinajstić information content (AvgIpc) is 3.16. The Hall–Kier alpha value is -2.06. The van der Waals surface area contributed by atoms with Crippen molar-refractivity contribution < 1.29 is 9.53 Å². The smallest absolute Gasteiger partial charge is 0.230 e. The summed E-state index contributed by atoms with van der Waals surface area (Å²) in [6, 6.07) is 10.5. The number of hydrogen-bond acceptors (Lipinski definition) is 6. The molecular weight excluding hydrogens is 398 g/mol. The zero-order valence-corrected chi connectivity index (χ0v) is 18.9. The molecule has 7 nitrogen and oxygen atoms in total. The van der Waals surface area contributed by atoms with Crippen LogP contribution in [0.15, 0.2) is 35.5 Å². The Morgan fingerprint density at radius 1 is 1.20 bits per heavy atom. The Labute approximate surface area is 183 Å². The van der Waals surface area contributed by atoms with E-state index in [-0.39, 0.29) is 11.9 Å². The SMILES string of the molecule is CCCCCC(C)NC(=O)CSc1nnc(N2CCOCC2)n1Cc1ccccc1. The lowest BCUT2D eigenvalue weighted by atomic mass is 10.1. The zero-order chi connectivity index (χ0) is 21.2. The van der Waals surface area contributed by atoms with Crippen LogP contribution in [0.2, 0.25) is 0 Å². The molecule has 1 aliphatic heterocycles. The quantitative estimate of drug-likeness (QED) is 0.435. The molecule has 1 aromatic heterocycles. The number of unbranched alkanes of at least 4 members (excludes halogenated alkanes) is 2. The first-order chi connectivity index (χ1) is 14.7. The van der Waals surface area contributed by atoms with Crippen LogP contribution in [0.25, 0.3) is 0 Å². The van der Waals surface area contributed by atoms with Gasteiger partial charge in [-0.05, 0) is 18.9 Å². The van der Waals surface area contributed by atoms with Gasteiger partial charge in [-0.3, -0.25) is 9.36 Å². The number of nitrogens with zero attached hydrogens (tertiary/aromatic N) is 4. The summed E-state index contributed by atoms with van der Waals surface area (Å²) in [6.45, 7) is 7.93. The van der Waals surface area contributed by atoms with Crippen molar-refractivity contribution in [1.82, 2.24) is 20.1 Å². The van der Waals surface area contributed by atoms with E-state index in [0.29, 0.717) is 25.5 Å². The molecule has 0 aliphatic carbocycles. The van der Waals surface area contributed by atoms with Crippen LogP contribution in [0.5, 0.6) is 0 Å². The Kier molecular flexibility index (Phi) is 9.01. The molecule has 0 radical (unpaired) electrons. The largest absolute Gasteiger partial charge is 0.378 e. The highest BCUT2D eigenvalue weighted by Gasteiger charge is 2.21. The highest BCUT2D eigenvalue weighted by atomic mass is 32.2. The van der Waals surface area contributed by atoms with Crippen molar-refractivity contribution in [3.8, 4) is 0 Å². The Morgan fingerprint density at radius 3 is 2.70 bits per heavy atom. The van der Waals surface area contributed by atoms with Crippen molar-refractivity contribution in [2.24, 2.45) is 0 Å². The number of ether oxygens (including phenoxy) is 1. The lowest BCUT2D eigenvalue weighted by Gasteiger charge is -2.28. The minimum atomic E-state index is 0.0474. The number of nitrogens with one attached hydrogen (secondary N) is 1. The third kappa shape index (κ3) is 6.74. The van der Waals surface area contributed by atoms with Crippen LogP contribution < -0.4 is 10.2 Å². The summed E-state index contributed by atoms with van der Waals surface area (Å²) in [5.41, 5.74) is 1.18. The van der Waals surface area contributed by atoms with Crippen molar-refractivity contribution in [1.29, 1.82) is 0 Å². The number of morpholine rings is 1. The van der Waals surface area contributed by atoms with Crippen LogP contribution in [0, 0.1) is 0 Å². The molecule has 1 atom stereocenters. The molecule has 1 unspecified atom stereocenters. The molecule has 1 saturated heterocycles. The highest BCUT2D eigenvalue weighted by Crippen LogP contribution is 2.24. The van der Waals surface area contributed by atoms with Crippen LogP contribution in [-0.2, 0) is 16.1 Å². The third-order valence-electron chi connectivity index (χ3n) is 5.16. The van der Waals surface area contributed by atoms with Gasteiger partial charge in [0.05, 0.1) is 25.5 Å². The van der Waals surface area contributed by atoms with Gasteiger partial charge in [-0.2, -0.15) is 0 Å². The van der Waals surface area contributed by atoms with E-state index in [2.05, 4.69) is 51.0 Å². The monoisotopic (exact) mass is 431 g/mol. The number of hydrogen-bond donors (Lipinski definition) is 1. The molecule has 30 heavy (non-hydrogen) atoms. The molecule has 0 bridgehead atoms. The van der Waals surface area contributed by atoms with Crippen molar-refractivity contribution >= 4 is 23.6 Å². The van der Waals surface area contributed by atoms with Crippen LogP contribution in [-0.4, -0.2) is 58.8 Å². The van der Waals surface area contributed by atoms with E-state index >= 15 is 0 Å². The van der Waals surface area contributed by atoms with Crippen molar-refractivity contribution in [3.63, 3.8) is 0 Å². The summed E-state index contributed by atoms with van der Waals surface area (Å²) in [7, 11) is 0. The van der Waals surface area contributed by atoms with Gasteiger partial charge in [-0.15, -0.1) is 10.2 Å². The van der Waals surface area contributed by atoms with Gasteiger partial charge in [0.1, 0.15) is 0 Å². The van der Waals surface area contributed by atoms with Gasteiger partial charge in [0, 0.05) is 19.1 Å². The van der Waals surface area contributed by atoms with Gasteiger partial charge in [0.15, 0.2) is 5.16 Å². The molecule has 1 N–H and O–H groups in total. The number of amides is 1. The predicted octanol–water partition coefficient (Wildman–Crippen LogP) is 3.34. The lowest BCUT2D eigenvalue weighted by Crippen LogP contribution is -2.38. The molecule has 2 aromatic rings. The number of thioether (sulfide) groups is 1. The molecule has 3 rings (SSSR count). The number of rotatable bonds is 11.